The van der Waals surface area contributed by atoms with Crippen LogP contribution in [0.15, 0.2) is 6.20 Å². The number of anilines is 1. The molecule has 0 amide bonds. The zero-order valence-corrected chi connectivity index (χ0v) is 9.95. The Bertz CT molecular complexity index is 585. The van der Waals surface area contributed by atoms with Gasteiger partial charge in [-0.3, -0.25) is 9.52 Å². The summed E-state index contributed by atoms with van der Waals surface area (Å²) in [6, 6.07) is 0. The Morgan fingerprint density at radius 2 is 2.22 bits per heavy atom. The van der Waals surface area contributed by atoms with Gasteiger partial charge in [0, 0.05) is 0 Å². The third-order valence-electron chi connectivity index (χ3n) is 2.33. The first-order valence-corrected chi connectivity index (χ1v) is 6.68. The molecule has 7 nitrogen and oxygen atoms in total. The van der Waals surface area contributed by atoms with Crippen LogP contribution in [0, 0.1) is 5.82 Å². The molecule has 18 heavy (non-hydrogen) atoms. The fourth-order valence-corrected chi connectivity index (χ4v) is 2.58. The summed E-state index contributed by atoms with van der Waals surface area (Å²) < 4.78 is 38.4. The van der Waals surface area contributed by atoms with Crippen molar-refractivity contribution in [1.29, 1.82) is 0 Å². The molecule has 1 heterocycles. The van der Waals surface area contributed by atoms with Crippen molar-refractivity contribution in [1.82, 2.24) is 9.97 Å². The molecule has 0 unspecified atom stereocenters. The number of aliphatic carboxylic acids is 1. The van der Waals surface area contributed by atoms with E-state index in [9.17, 15) is 17.6 Å². The van der Waals surface area contributed by atoms with E-state index >= 15 is 0 Å². The Hall–Kier alpha value is -1.77. The van der Waals surface area contributed by atoms with E-state index < -0.39 is 33.5 Å². The van der Waals surface area contributed by atoms with Crippen LogP contribution in [-0.2, 0) is 21.2 Å². The van der Waals surface area contributed by atoms with E-state index in [0.29, 0.717) is 12.8 Å². The van der Waals surface area contributed by atoms with E-state index in [0.717, 1.165) is 6.20 Å². The number of halogens is 1. The van der Waals surface area contributed by atoms with Crippen molar-refractivity contribution in [2.45, 2.75) is 24.5 Å². The number of hydrogen-bond acceptors (Lipinski definition) is 5. The molecule has 1 aliphatic carbocycles. The zero-order valence-electron chi connectivity index (χ0n) is 9.13. The van der Waals surface area contributed by atoms with E-state index in [-0.39, 0.29) is 11.6 Å². The van der Waals surface area contributed by atoms with Gasteiger partial charge in [-0.05, 0) is 12.8 Å². The van der Waals surface area contributed by atoms with Crippen molar-refractivity contribution in [2.24, 2.45) is 0 Å². The number of carbonyl (C=O) groups is 1. The second-order valence-corrected chi connectivity index (χ2v) is 5.87. The van der Waals surface area contributed by atoms with Gasteiger partial charge in [0.25, 0.3) is 0 Å². The highest BCUT2D eigenvalue weighted by Gasteiger charge is 2.36. The highest BCUT2D eigenvalue weighted by Crippen LogP contribution is 2.29. The molecule has 0 saturated heterocycles. The zero-order chi connectivity index (χ0) is 13.3. The molecule has 98 valence electrons. The van der Waals surface area contributed by atoms with Crippen LogP contribution in [0.2, 0.25) is 0 Å². The third kappa shape index (κ3) is 2.92. The summed E-state index contributed by atoms with van der Waals surface area (Å²) in [5.41, 5.74) is -0.356. The van der Waals surface area contributed by atoms with Gasteiger partial charge in [0.05, 0.1) is 23.6 Å². The van der Waals surface area contributed by atoms with Crippen molar-refractivity contribution in [2.75, 3.05) is 4.72 Å². The average Bonchev–Trinajstić information content (AvgIpc) is 3.05. The first-order chi connectivity index (χ1) is 8.38. The molecule has 1 aromatic heterocycles. The molecule has 1 aliphatic rings. The van der Waals surface area contributed by atoms with Gasteiger partial charge in [0.1, 0.15) is 0 Å². The lowest BCUT2D eigenvalue weighted by molar-refractivity contribution is -0.136. The second kappa shape index (κ2) is 4.48. The quantitative estimate of drug-likeness (QED) is 0.791. The van der Waals surface area contributed by atoms with Gasteiger partial charge in [-0.15, -0.1) is 0 Å². The van der Waals surface area contributed by atoms with Gasteiger partial charge in [-0.1, -0.05) is 0 Å². The lowest BCUT2D eigenvalue weighted by Crippen LogP contribution is -2.20. The second-order valence-electron chi connectivity index (χ2n) is 3.91. The van der Waals surface area contributed by atoms with Gasteiger partial charge in [0.2, 0.25) is 16.0 Å². The van der Waals surface area contributed by atoms with Crippen LogP contribution in [0.25, 0.3) is 0 Å². The molecule has 9 heteroatoms. The molecule has 0 bridgehead atoms. The number of aromatic nitrogens is 2. The number of carboxylic acids is 1. The maximum Gasteiger partial charge on any atom is 0.309 e. The standard InChI is InChI=1S/C9H10FN3O4S/c10-6-4-11-9(12-7(6)3-8(14)15)13-18(16,17)5-1-2-5/h4-5H,1-3H2,(H,14,15)(H,11,12,13). The van der Waals surface area contributed by atoms with Crippen molar-refractivity contribution < 1.29 is 22.7 Å². The Morgan fingerprint density at radius 1 is 1.56 bits per heavy atom. The number of rotatable bonds is 5. The molecule has 0 spiro atoms. The van der Waals surface area contributed by atoms with E-state index in [4.69, 9.17) is 5.11 Å². The topological polar surface area (TPSA) is 109 Å². The molecule has 0 aliphatic heterocycles. The SMILES string of the molecule is O=C(O)Cc1nc(NS(=O)(=O)C2CC2)ncc1F. The predicted molar refractivity (Wildman–Crippen MR) is 58.9 cm³/mol. The summed E-state index contributed by atoms with van der Waals surface area (Å²) in [6.07, 6.45) is 1.25. The Balaban J connectivity index is 2.21. The van der Waals surface area contributed by atoms with Crippen molar-refractivity contribution in [3.8, 4) is 0 Å². The monoisotopic (exact) mass is 275 g/mol. The molecule has 1 fully saturated rings. The lowest BCUT2D eigenvalue weighted by Gasteiger charge is -2.06. The fourth-order valence-electron chi connectivity index (χ4n) is 1.31. The summed E-state index contributed by atoms with van der Waals surface area (Å²) in [4.78, 5) is 17.5. The van der Waals surface area contributed by atoms with Crippen molar-refractivity contribution in [3.63, 3.8) is 0 Å². The van der Waals surface area contributed by atoms with E-state index in [1.54, 1.807) is 0 Å². The summed E-state index contributed by atoms with van der Waals surface area (Å²) in [5, 5.41) is 8.08. The normalized spacial score (nSPS) is 15.4. The van der Waals surface area contributed by atoms with Gasteiger partial charge in [-0.2, -0.15) is 0 Å². The minimum atomic E-state index is -3.54. The Kier molecular flexibility index (Phi) is 3.16. The molecule has 1 aromatic rings. The number of hydrogen-bond donors (Lipinski definition) is 2. The molecule has 0 radical (unpaired) electrons. The highest BCUT2D eigenvalue weighted by atomic mass is 32.2. The van der Waals surface area contributed by atoms with Crippen LogP contribution in [0.3, 0.4) is 0 Å². The maximum atomic E-state index is 13.2. The minimum Gasteiger partial charge on any atom is -0.481 e. The first-order valence-electron chi connectivity index (χ1n) is 5.13. The van der Waals surface area contributed by atoms with Gasteiger partial charge in [0.15, 0.2) is 5.82 Å². The van der Waals surface area contributed by atoms with Gasteiger partial charge < -0.3 is 5.11 Å². The predicted octanol–water partition coefficient (Wildman–Crippen LogP) is 0.147. The van der Waals surface area contributed by atoms with Crippen LogP contribution in [0.4, 0.5) is 10.3 Å². The fraction of sp³-hybridized carbons (Fsp3) is 0.444. The molecule has 1 saturated carbocycles. The van der Waals surface area contributed by atoms with Crippen LogP contribution >= 0.6 is 0 Å². The average molecular weight is 275 g/mol. The molecule has 0 aromatic carbocycles. The largest absolute Gasteiger partial charge is 0.481 e. The molecule has 2 rings (SSSR count). The first kappa shape index (κ1) is 12.7. The van der Waals surface area contributed by atoms with Crippen LogP contribution in [0.5, 0.6) is 0 Å². The summed E-state index contributed by atoms with van der Waals surface area (Å²) in [5.74, 6) is -2.45. The minimum absolute atomic E-state index is 0.306. The number of nitrogens with zero attached hydrogens (tertiary/aromatic N) is 2. The number of nitrogens with one attached hydrogen (secondary N) is 1. The summed E-state index contributed by atoms with van der Waals surface area (Å²) >= 11 is 0. The number of sulfonamides is 1. The maximum absolute atomic E-state index is 13.2. The summed E-state index contributed by atoms with van der Waals surface area (Å²) in [7, 11) is -3.54. The lowest BCUT2D eigenvalue weighted by atomic mass is 10.3. The molecular formula is C9H10FN3O4S. The van der Waals surface area contributed by atoms with Crippen molar-refractivity contribution in [3.05, 3.63) is 17.7 Å². The Morgan fingerprint density at radius 3 is 2.78 bits per heavy atom. The molecule has 0 atom stereocenters. The van der Waals surface area contributed by atoms with Crippen LogP contribution in [-0.4, -0.2) is 34.7 Å². The highest BCUT2D eigenvalue weighted by molar-refractivity contribution is 7.93. The molecule has 2 N–H and O–H groups in total. The number of carboxylic acid groups (broad SMARTS) is 1. The summed E-state index contributed by atoms with van der Waals surface area (Å²) in [6.45, 7) is 0. The smallest absolute Gasteiger partial charge is 0.309 e. The molecular weight excluding hydrogens is 265 g/mol. The van der Waals surface area contributed by atoms with Crippen LogP contribution < -0.4 is 4.72 Å². The van der Waals surface area contributed by atoms with Crippen molar-refractivity contribution >= 4 is 21.9 Å². The van der Waals surface area contributed by atoms with E-state index in [2.05, 4.69) is 14.7 Å². The third-order valence-corrected chi connectivity index (χ3v) is 4.15. The van der Waals surface area contributed by atoms with E-state index in [1.165, 1.54) is 0 Å². The van der Waals surface area contributed by atoms with E-state index in [1.807, 2.05) is 0 Å². The van der Waals surface area contributed by atoms with Gasteiger partial charge >= 0.3 is 5.97 Å². The van der Waals surface area contributed by atoms with Gasteiger partial charge in [-0.25, -0.2) is 22.8 Å². The van der Waals surface area contributed by atoms with Crippen LogP contribution in [0.1, 0.15) is 18.5 Å². The Labute approximate surface area is 102 Å².